The number of hydrogen-bond acceptors (Lipinski definition) is 6. The standard InChI is InChI=1S/C17H29N5O3/c1-4-22(11-15-19-16(25-20-15)8-12(2)3)17(24)13-6-5-7-21(9-13)10-14(18)23/h12-13H,4-11H2,1-3H3,(H2,18,23)/t13-/m1/s1. The largest absolute Gasteiger partial charge is 0.369 e. The van der Waals surface area contributed by atoms with Gasteiger partial charge < -0.3 is 15.2 Å². The van der Waals surface area contributed by atoms with Crippen LogP contribution in [0.25, 0.3) is 0 Å². The molecule has 1 aromatic heterocycles. The molecule has 8 nitrogen and oxygen atoms in total. The van der Waals surface area contributed by atoms with Gasteiger partial charge in [0.2, 0.25) is 17.7 Å². The van der Waals surface area contributed by atoms with Gasteiger partial charge in [0.15, 0.2) is 5.82 Å². The zero-order chi connectivity index (χ0) is 18.4. The average molecular weight is 351 g/mol. The fraction of sp³-hybridized carbons (Fsp3) is 0.765. The van der Waals surface area contributed by atoms with E-state index in [0.717, 1.165) is 25.8 Å². The molecule has 0 aliphatic carbocycles. The summed E-state index contributed by atoms with van der Waals surface area (Å²) in [5, 5.41) is 3.99. The Morgan fingerprint density at radius 2 is 2.20 bits per heavy atom. The molecular formula is C17H29N5O3. The van der Waals surface area contributed by atoms with Gasteiger partial charge in [-0.25, -0.2) is 0 Å². The van der Waals surface area contributed by atoms with E-state index >= 15 is 0 Å². The second-order valence-electron chi connectivity index (χ2n) is 7.10. The molecule has 1 fully saturated rings. The van der Waals surface area contributed by atoms with E-state index in [0.29, 0.717) is 37.3 Å². The Hall–Kier alpha value is -1.96. The van der Waals surface area contributed by atoms with Gasteiger partial charge in [-0.05, 0) is 32.2 Å². The Morgan fingerprint density at radius 1 is 1.44 bits per heavy atom. The summed E-state index contributed by atoms with van der Waals surface area (Å²) in [7, 11) is 0. The molecule has 1 aliphatic heterocycles. The lowest BCUT2D eigenvalue weighted by atomic mass is 9.96. The highest BCUT2D eigenvalue weighted by Crippen LogP contribution is 2.19. The molecule has 0 aromatic carbocycles. The van der Waals surface area contributed by atoms with E-state index in [1.165, 1.54) is 0 Å². The number of primary amides is 1. The normalized spacial score (nSPS) is 18.5. The van der Waals surface area contributed by atoms with E-state index in [4.69, 9.17) is 10.3 Å². The van der Waals surface area contributed by atoms with Crippen molar-refractivity contribution >= 4 is 11.8 Å². The molecule has 0 spiro atoms. The van der Waals surface area contributed by atoms with Crippen molar-refractivity contribution in [1.82, 2.24) is 19.9 Å². The Balaban J connectivity index is 1.95. The number of aromatic nitrogens is 2. The molecule has 8 heteroatoms. The number of rotatable bonds is 8. The number of nitrogens with two attached hydrogens (primary N) is 1. The quantitative estimate of drug-likeness (QED) is 0.743. The predicted molar refractivity (Wildman–Crippen MR) is 92.3 cm³/mol. The Bertz CT molecular complexity index is 587. The predicted octanol–water partition coefficient (Wildman–Crippen LogP) is 0.814. The monoisotopic (exact) mass is 351 g/mol. The summed E-state index contributed by atoms with van der Waals surface area (Å²) in [6, 6.07) is 0. The van der Waals surface area contributed by atoms with Crippen molar-refractivity contribution in [3.05, 3.63) is 11.7 Å². The first kappa shape index (κ1) is 19.4. The van der Waals surface area contributed by atoms with E-state index < -0.39 is 0 Å². The van der Waals surface area contributed by atoms with E-state index in [1.807, 2.05) is 11.8 Å². The number of amides is 2. The second-order valence-corrected chi connectivity index (χ2v) is 7.10. The topological polar surface area (TPSA) is 106 Å². The third kappa shape index (κ3) is 5.81. The highest BCUT2D eigenvalue weighted by atomic mass is 16.5. The third-order valence-electron chi connectivity index (χ3n) is 4.35. The van der Waals surface area contributed by atoms with Gasteiger partial charge in [-0.1, -0.05) is 19.0 Å². The van der Waals surface area contributed by atoms with Gasteiger partial charge >= 0.3 is 0 Å². The maximum absolute atomic E-state index is 12.8. The minimum absolute atomic E-state index is 0.0758. The van der Waals surface area contributed by atoms with E-state index in [1.54, 1.807) is 4.90 Å². The molecule has 1 atom stereocenters. The van der Waals surface area contributed by atoms with Crippen LogP contribution in [-0.4, -0.2) is 57.9 Å². The van der Waals surface area contributed by atoms with Crippen molar-refractivity contribution in [1.29, 1.82) is 0 Å². The number of carbonyl (C=O) groups excluding carboxylic acids is 2. The van der Waals surface area contributed by atoms with E-state index in [2.05, 4.69) is 24.0 Å². The Morgan fingerprint density at radius 3 is 2.84 bits per heavy atom. The van der Waals surface area contributed by atoms with E-state index in [9.17, 15) is 9.59 Å². The van der Waals surface area contributed by atoms with Crippen LogP contribution in [-0.2, 0) is 22.6 Å². The van der Waals surface area contributed by atoms with Crippen molar-refractivity contribution in [2.45, 2.75) is 46.6 Å². The molecule has 0 bridgehead atoms. The van der Waals surface area contributed by atoms with Crippen LogP contribution in [0.15, 0.2) is 4.52 Å². The third-order valence-corrected chi connectivity index (χ3v) is 4.35. The molecule has 2 amide bonds. The fourth-order valence-corrected chi connectivity index (χ4v) is 3.18. The minimum atomic E-state index is -0.357. The highest BCUT2D eigenvalue weighted by Gasteiger charge is 2.30. The maximum atomic E-state index is 12.8. The molecule has 0 saturated carbocycles. The zero-order valence-electron chi connectivity index (χ0n) is 15.4. The summed E-state index contributed by atoms with van der Waals surface area (Å²) < 4.78 is 5.25. The first-order valence-corrected chi connectivity index (χ1v) is 9.00. The number of carbonyl (C=O) groups is 2. The molecule has 0 radical (unpaired) electrons. The summed E-state index contributed by atoms with van der Waals surface area (Å²) >= 11 is 0. The second kappa shape index (κ2) is 8.94. The fourth-order valence-electron chi connectivity index (χ4n) is 3.18. The van der Waals surface area contributed by atoms with Crippen LogP contribution >= 0.6 is 0 Å². The highest BCUT2D eigenvalue weighted by molar-refractivity contribution is 5.79. The summed E-state index contributed by atoms with van der Waals surface area (Å²) in [6.07, 6.45) is 2.45. The van der Waals surface area contributed by atoms with Crippen molar-refractivity contribution < 1.29 is 14.1 Å². The molecule has 1 aliphatic rings. The van der Waals surface area contributed by atoms with Crippen LogP contribution in [0.2, 0.25) is 0 Å². The van der Waals surface area contributed by atoms with Crippen LogP contribution in [0.4, 0.5) is 0 Å². The first-order valence-electron chi connectivity index (χ1n) is 9.00. The van der Waals surface area contributed by atoms with Crippen molar-refractivity contribution in [3.8, 4) is 0 Å². The lowest BCUT2D eigenvalue weighted by Gasteiger charge is -2.33. The summed E-state index contributed by atoms with van der Waals surface area (Å²) in [6.45, 7) is 8.64. The maximum Gasteiger partial charge on any atom is 0.231 e. The number of hydrogen-bond donors (Lipinski definition) is 1. The molecule has 1 saturated heterocycles. The van der Waals surface area contributed by atoms with Crippen LogP contribution in [0.5, 0.6) is 0 Å². The van der Waals surface area contributed by atoms with Crippen LogP contribution in [0, 0.1) is 11.8 Å². The summed E-state index contributed by atoms with van der Waals surface area (Å²) in [5.41, 5.74) is 5.27. The SMILES string of the molecule is CCN(Cc1noc(CC(C)C)n1)C(=O)[C@@H]1CCCN(CC(N)=O)C1. The van der Waals surface area contributed by atoms with Crippen molar-refractivity contribution in [2.24, 2.45) is 17.6 Å². The van der Waals surface area contributed by atoms with Crippen LogP contribution < -0.4 is 5.73 Å². The van der Waals surface area contributed by atoms with Gasteiger partial charge in [0, 0.05) is 19.5 Å². The lowest BCUT2D eigenvalue weighted by molar-refractivity contribution is -0.138. The molecule has 140 valence electrons. The van der Waals surface area contributed by atoms with Gasteiger partial charge in [0.1, 0.15) is 0 Å². The molecule has 1 aromatic rings. The van der Waals surface area contributed by atoms with E-state index in [-0.39, 0.29) is 24.3 Å². The smallest absolute Gasteiger partial charge is 0.231 e. The lowest BCUT2D eigenvalue weighted by Crippen LogP contribution is -2.46. The molecular weight excluding hydrogens is 322 g/mol. The molecule has 2 N–H and O–H groups in total. The molecule has 0 unspecified atom stereocenters. The van der Waals surface area contributed by atoms with Gasteiger partial charge in [0.25, 0.3) is 0 Å². The van der Waals surface area contributed by atoms with Gasteiger partial charge in [-0.15, -0.1) is 0 Å². The van der Waals surface area contributed by atoms with Crippen molar-refractivity contribution in [3.63, 3.8) is 0 Å². The summed E-state index contributed by atoms with van der Waals surface area (Å²) in [4.78, 5) is 32.0. The van der Waals surface area contributed by atoms with Crippen molar-refractivity contribution in [2.75, 3.05) is 26.2 Å². The Labute approximate surface area is 148 Å². The summed E-state index contributed by atoms with van der Waals surface area (Å²) in [5.74, 6) is 1.19. The average Bonchev–Trinajstić information content (AvgIpc) is 2.98. The van der Waals surface area contributed by atoms with Gasteiger partial charge in [0.05, 0.1) is 19.0 Å². The minimum Gasteiger partial charge on any atom is -0.369 e. The number of likely N-dealkylation sites (tertiary alicyclic amines) is 1. The van der Waals surface area contributed by atoms with Gasteiger partial charge in [-0.2, -0.15) is 4.98 Å². The van der Waals surface area contributed by atoms with Crippen LogP contribution in [0.3, 0.4) is 0 Å². The van der Waals surface area contributed by atoms with Crippen LogP contribution in [0.1, 0.15) is 45.3 Å². The molecule has 25 heavy (non-hydrogen) atoms. The first-order chi connectivity index (χ1) is 11.9. The number of piperidine rings is 1. The molecule has 2 rings (SSSR count). The van der Waals surface area contributed by atoms with Gasteiger partial charge in [-0.3, -0.25) is 14.5 Å². The zero-order valence-corrected chi connectivity index (χ0v) is 15.4. The molecule has 2 heterocycles. The number of nitrogens with zero attached hydrogens (tertiary/aromatic N) is 4. The Kier molecular flexibility index (Phi) is 6.92.